The van der Waals surface area contributed by atoms with Gasteiger partial charge in [0.05, 0.1) is 20.6 Å². The standard InChI is InChI=1S/C17H16O5/c1-19-14-6-11(7-17(18)20-2)5-13(8-14)12-3-4-15-16(9-12)22-10-21-15/h3-6,8-9H,7,10H2,1-2H3. The van der Waals surface area contributed by atoms with Gasteiger partial charge in [0.25, 0.3) is 0 Å². The van der Waals surface area contributed by atoms with Gasteiger partial charge in [-0.25, -0.2) is 0 Å². The van der Waals surface area contributed by atoms with E-state index in [1.165, 1.54) is 7.11 Å². The smallest absolute Gasteiger partial charge is 0.309 e. The van der Waals surface area contributed by atoms with Crippen LogP contribution in [0.4, 0.5) is 0 Å². The second kappa shape index (κ2) is 5.97. The molecule has 3 rings (SSSR count). The van der Waals surface area contributed by atoms with E-state index >= 15 is 0 Å². The molecule has 1 aliphatic heterocycles. The molecule has 1 heterocycles. The Bertz CT molecular complexity index is 708. The lowest BCUT2D eigenvalue weighted by Crippen LogP contribution is -2.04. The van der Waals surface area contributed by atoms with Crippen LogP contribution in [0.5, 0.6) is 17.2 Å². The zero-order chi connectivity index (χ0) is 15.5. The molecule has 0 unspecified atom stereocenters. The summed E-state index contributed by atoms with van der Waals surface area (Å²) in [5.41, 5.74) is 2.74. The van der Waals surface area contributed by atoms with Gasteiger partial charge in [-0.15, -0.1) is 0 Å². The Hall–Kier alpha value is -2.69. The van der Waals surface area contributed by atoms with Gasteiger partial charge in [0.2, 0.25) is 6.79 Å². The first-order chi connectivity index (χ1) is 10.7. The maximum Gasteiger partial charge on any atom is 0.309 e. The fraction of sp³-hybridized carbons (Fsp3) is 0.235. The van der Waals surface area contributed by atoms with Crippen molar-refractivity contribution in [3.8, 4) is 28.4 Å². The number of hydrogen-bond donors (Lipinski definition) is 0. The molecule has 0 fully saturated rings. The summed E-state index contributed by atoms with van der Waals surface area (Å²) in [7, 11) is 2.97. The highest BCUT2D eigenvalue weighted by Gasteiger charge is 2.15. The third-order valence-corrected chi connectivity index (χ3v) is 3.48. The monoisotopic (exact) mass is 300 g/mol. The van der Waals surface area contributed by atoms with Crippen molar-refractivity contribution in [1.82, 2.24) is 0 Å². The fourth-order valence-corrected chi connectivity index (χ4v) is 2.36. The molecule has 0 spiro atoms. The Balaban J connectivity index is 1.98. The largest absolute Gasteiger partial charge is 0.497 e. The lowest BCUT2D eigenvalue weighted by atomic mass is 10.0. The molecule has 0 bridgehead atoms. The van der Waals surface area contributed by atoms with E-state index in [0.717, 1.165) is 28.2 Å². The summed E-state index contributed by atoms with van der Waals surface area (Å²) in [6.45, 7) is 0.241. The minimum absolute atomic E-state index is 0.200. The first-order valence-corrected chi connectivity index (χ1v) is 6.84. The number of carbonyl (C=O) groups excluding carboxylic acids is 1. The zero-order valence-electron chi connectivity index (χ0n) is 12.4. The second-order valence-electron chi connectivity index (χ2n) is 4.89. The van der Waals surface area contributed by atoms with Gasteiger partial charge in [-0.1, -0.05) is 12.1 Å². The number of methoxy groups -OCH3 is 2. The van der Waals surface area contributed by atoms with Gasteiger partial charge in [0.1, 0.15) is 5.75 Å². The molecule has 0 aliphatic carbocycles. The maximum atomic E-state index is 11.5. The highest BCUT2D eigenvalue weighted by molar-refractivity contribution is 5.75. The van der Waals surface area contributed by atoms with E-state index in [2.05, 4.69) is 0 Å². The first kappa shape index (κ1) is 14.3. The molecule has 0 saturated carbocycles. The van der Waals surface area contributed by atoms with Crippen molar-refractivity contribution in [2.75, 3.05) is 21.0 Å². The molecular formula is C17H16O5. The van der Waals surface area contributed by atoms with Crippen LogP contribution in [0.2, 0.25) is 0 Å². The Morgan fingerprint density at radius 1 is 1.05 bits per heavy atom. The topological polar surface area (TPSA) is 54.0 Å². The fourth-order valence-electron chi connectivity index (χ4n) is 2.36. The predicted octanol–water partition coefficient (Wildman–Crippen LogP) is 2.81. The lowest BCUT2D eigenvalue weighted by molar-refractivity contribution is -0.139. The van der Waals surface area contributed by atoms with Crippen LogP contribution in [-0.2, 0) is 16.0 Å². The molecule has 1 aliphatic rings. The van der Waals surface area contributed by atoms with Crippen molar-refractivity contribution in [1.29, 1.82) is 0 Å². The van der Waals surface area contributed by atoms with Gasteiger partial charge in [0.15, 0.2) is 11.5 Å². The number of rotatable bonds is 4. The number of carbonyl (C=O) groups is 1. The minimum atomic E-state index is -0.287. The summed E-state index contributed by atoms with van der Waals surface area (Å²) in [5.74, 6) is 1.86. The number of esters is 1. The molecule has 5 heteroatoms. The molecule has 2 aromatic carbocycles. The van der Waals surface area contributed by atoms with Crippen molar-refractivity contribution in [2.45, 2.75) is 6.42 Å². The number of fused-ring (bicyclic) bond motifs is 1. The van der Waals surface area contributed by atoms with Crippen LogP contribution >= 0.6 is 0 Å². The molecule has 0 atom stereocenters. The third kappa shape index (κ3) is 2.83. The van der Waals surface area contributed by atoms with E-state index in [-0.39, 0.29) is 19.2 Å². The number of benzene rings is 2. The number of hydrogen-bond acceptors (Lipinski definition) is 5. The molecule has 5 nitrogen and oxygen atoms in total. The van der Waals surface area contributed by atoms with E-state index in [4.69, 9.17) is 18.9 Å². The van der Waals surface area contributed by atoms with Crippen LogP contribution in [0.25, 0.3) is 11.1 Å². The van der Waals surface area contributed by atoms with Gasteiger partial charge in [0, 0.05) is 0 Å². The third-order valence-electron chi connectivity index (χ3n) is 3.48. The summed E-state index contributed by atoms with van der Waals surface area (Å²) in [6.07, 6.45) is 0.200. The van der Waals surface area contributed by atoms with Crippen molar-refractivity contribution < 1.29 is 23.7 Å². The Morgan fingerprint density at radius 2 is 1.86 bits per heavy atom. The minimum Gasteiger partial charge on any atom is -0.497 e. The summed E-state index contributed by atoms with van der Waals surface area (Å²) >= 11 is 0. The summed E-state index contributed by atoms with van der Waals surface area (Å²) in [5, 5.41) is 0. The second-order valence-corrected chi connectivity index (χ2v) is 4.89. The molecule has 0 saturated heterocycles. The molecule has 2 aromatic rings. The van der Waals surface area contributed by atoms with E-state index in [1.807, 2.05) is 36.4 Å². The average Bonchev–Trinajstić information content (AvgIpc) is 3.01. The van der Waals surface area contributed by atoms with Crippen LogP contribution in [0.3, 0.4) is 0 Å². The lowest BCUT2D eigenvalue weighted by Gasteiger charge is -2.09. The van der Waals surface area contributed by atoms with E-state index < -0.39 is 0 Å². The molecule has 0 N–H and O–H groups in total. The van der Waals surface area contributed by atoms with Crippen LogP contribution in [-0.4, -0.2) is 27.0 Å². The zero-order valence-corrected chi connectivity index (χ0v) is 12.4. The molecular weight excluding hydrogens is 284 g/mol. The summed E-state index contributed by atoms with van der Waals surface area (Å²) < 4.78 is 20.8. The Morgan fingerprint density at radius 3 is 2.64 bits per heavy atom. The van der Waals surface area contributed by atoms with Crippen LogP contribution in [0.1, 0.15) is 5.56 Å². The van der Waals surface area contributed by atoms with Gasteiger partial charge in [-0.2, -0.15) is 0 Å². The predicted molar refractivity (Wildman–Crippen MR) is 80.3 cm³/mol. The highest BCUT2D eigenvalue weighted by Crippen LogP contribution is 2.37. The summed E-state index contributed by atoms with van der Waals surface area (Å²) in [4.78, 5) is 11.5. The van der Waals surface area contributed by atoms with Crippen molar-refractivity contribution in [3.63, 3.8) is 0 Å². The molecule has 22 heavy (non-hydrogen) atoms. The molecule has 0 amide bonds. The molecule has 114 valence electrons. The highest BCUT2D eigenvalue weighted by atomic mass is 16.7. The van der Waals surface area contributed by atoms with Gasteiger partial charge >= 0.3 is 5.97 Å². The van der Waals surface area contributed by atoms with Crippen molar-refractivity contribution in [3.05, 3.63) is 42.0 Å². The SMILES string of the molecule is COC(=O)Cc1cc(OC)cc(-c2ccc3c(c2)OCO3)c1. The van der Waals surface area contributed by atoms with Crippen LogP contribution in [0, 0.1) is 0 Å². The van der Waals surface area contributed by atoms with E-state index in [9.17, 15) is 4.79 Å². The van der Waals surface area contributed by atoms with E-state index in [0.29, 0.717) is 5.75 Å². The Labute approximate surface area is 128 Å². The normalized spacial score (nSPS) is 12.1. The average molecular weight is 300 g/mol. The molecule has 0 radical (unpaired) electrons. The van der Waals surface area contributed by atoms with Crippen molar-refractivity contribution >= 4 is 5.97 Å². The first-order valence-electron chi connectivity index (χ1n) is 6.84. The quantitative estimate of drug-likeness (QED) is 0.813. The Kier molecular flexibility index (Phi) is 3.87. The van der Waals surface area contributed by atoms with E-state index in [1.54, 1.807) is 7.11 Å². The van der Waals surface area contributed by atoms with Gasteiger partial charge < -0.3 is 18.9 Å². The maximum absolute atomic E-state index is 11.5. The van der Waals surface area contributed by atoms with Gasteiger partial charge in [-0.3, -0.25) is 4.79 Å². The number of ether oxygens (including phenoxy) is 4. The molecule has 0 aromatic heterocycles. The van der Waals surface area contributed by atoms with Crippen LogP contribution < -0.4 is 14.2 Å². The summed E-state index contributed by atoms with van der Waals surface area (Å²) in [6, 6.07) is 11.4. The van der Waals surface area contributed by atoms with Crippen molar-refractivity contribution in [2.24, 2.45) is 0 Å². The van der Waals surface area contributed by atoms with Crippen LogP contribution in [0.15, 0.2) is 36.4 Å². The van der Waals surface area contributed by atoms with Gasteiger partial charge in [-0.05, 0) is 41.0 Å².